The third-order valence-corrected chi connectivity index (χ3v) is 5.18. The van der Waals surface area contributed by atoms with Crippen LogP contribution in [0, 0.1) is 0 Å². The van der Waals surface area contributed by atoms with Crippen molar-refractivity contribution in [1.29, 1.82) is 0 Å². The Kier molecular flexibility index (Phi) is 13.9. The molecule has 0 fully saturated rings. The normalized spacial score (nSPS) is 13.0. The molecular formula is C19H28F8NO3S+. The molecule has 188 valence electrons. The predicted molar refractivity (Wildman–Crippen MR) is 106 cm³/mol. The van der Waals surface area contributed by atoms with Gasteiger partial charge in [0.1, 0.15) is 0 Å². The molecule has 0 aliphatic carbocycles. The van der Waals surface area contributed by atoms with Crippen molar-refractivity contribution in [2.45, 2.75) is 43.0 Å². The first-order valence-corrected chi connectivity index (χ1v) is 10.6. The van der Waals surface area contributed by atoms with Gasteiger partial charge in [0.05, 0.1) is 26.2 Å². The average Bonchev–Trinajstić information content (AvgIpc) is 2.65. The molecule has 0 aromatic carbocycles. The number of quaternary nitrogens is 1. The topological polar surface area (TPSA) is 43.4 Å². The van der Waals surface area contributed by atoms with Crippen LogP contribution >= 0.6 is 0 Å². The summed E-state index contributed by atoms with van der Waals surface area (Å²) in [5.41, 5.74) is 0. The maximum Gasteiger partial charge on any atom is 0.434 e. The number of rotatable bonds is 15. The zero-order chi connectivity index (χ0) is 25.7. The second-order valence-electron chi connectivity index (χ2n) is 6.79. The van der Waals surface area contributed by atoms with Crippen molar-refractivity contribution in [2.75, 3.05) is 26.2 Å². The van der Waals surface area contributed by atoms with Crippen LogP contribution in [0.2, 0.25) is 0 Å². The van der Waals surface area contributed by atoms with Crippen molar-refractivity contribution in [3.63, 3.8) is 0 Å². The van der Waals surface area contributed by atoms with E-state index in [0.717, 1.165) is 30.7 Å². The molecule has 0 spiro atoms. The molecule has 13 heteroatoms. The maximum absolute atomic E-state index is 12.8. The molecule has 0 amide bonds. The highest BCUT2D eigenvalue weighted by molar-refractivity contribution is 7.87. The quantitative estimate of drug-likeness (QED) is 0.117. The molecule has 0 radical (unpaired) electrons. The second-order valence-corrected chi connectivity index (χ2v) is 8.33. The van der Waals surface area contributed by atoms with Crippen molar-refractivity contribution in [3.05, 3.63) is 50.6 Å². The van der Waals surface area contributed by atoms with Gasteiger partial charge in [-0.1, -0.05) is 30.7 Å². The van der Waals surface area contributed by atoms with E-state index in [4.69, 9.17) is 0 Å². The zero-order valence-corrected chi connectivity index (χ0v) is 18.2. The third kappa shape index (κ3) is 10.7. The smallest absolute Gasteiger partial charge is 0.311 e. The number of halogens is 8. The lowest BCUT2D eigenvalue weighted by molar-refractivity contribution is -0.906. The number of nitrogens with zero attached hydrogens (tertiary/aromatic N) is 1. The summed E-state index contributed by atoms with van der Waals surface area (Å²) in [7, 11) is -6.49. The van der Waals surface area contributed by atoms with Gasteiger partial charge < -0.3 is 4.48 Å². The summed E-state index contributed by atoms with van der Waals surface area (Å²) in [6, 6.07) is 0. The van der Waals surface area contributed by atoms with Gasteiger partial charge in [0.2, 0.25) is 0 Å². The van der Waals surface area contributed by atoms with E-state index in [2.05, 4.69) is 26.3 Å². The fourth-order valence-electron chi connectivity index (χ4n) is 2.58. The molecule has 0 heterocycles. The minimum absolute atomic E-state index is 0.897. The summed E-state index contributed by atoms with van der Waals surface area (Å²) in [5.74, 6) is -5.25. The minimum atomic E-state index is -6.49. The minimum Gasteiger partial charge on any atom is -0.311 e. The van der Waals surface area contributed by atoms with Crippen molar-refractivity contribution in [1.82, 2.24) is 0 Å². The summed E-state index contributed by atoms with van der Waals surface area (Å²) < 4.78 is 121. The number of unbranched alkanes of at least 4 members (excludes halogenated alkanes) is 1. The zero-order valence-electron chi connectivity index (χ0n) is 17.4. The van der Waals surface area contributed by atoms with Crippen molar-refractivity contribution >= 4 is 10.1 Å². The Labute approximate surface area is 183 Å². The lowest BCUT2D eigenvalue weighted by Crippen LogP contribution is -2.48. The first-order chi connectivity index (χ1) is 14.5. The van der Waals surface area contributed by atoms with Crippen LogP contribution in [0.4, 0.5) is 35.3 Å². The van der Waals surface area contributed by atoms with E-state index >= 15 is 0 Å². The molecule has 0 N–H and O–H groups in total. The molecule has 0 aliphatic rings. The van der Waals surface area contributed by atoms with Crippen LogP contribution in [0.5, 0.6) is 0 Å². The van der Waals surface area contributed by atoms with E-state index in [9.17, 15) is 43.7 Å². The lowest BCUT2D eigenvalue weighted by Gasteiger charge is -2.35. The van der Waals surface area contributed by atoms with Gasteiger partial charge in [-0.25, -0.2) is 0 Å². The van der Waals surface area contributed by atoms with Crippen molar-refractivity contribution in [3.8, 4) is 0 Å². The molecule has 0 atom stereocenters. The Morgan fingerprint density at radius 2 is 1.06 bits per heavy atom. The molecule has 32 heavy (non-hydrogen) atoms. The monoisotopic (exact) mass is 502 g/mol. The van der Waals surface area contributed by atoms with Crippen molar-refractivity contribution < 1.29 is 52.5 Å². The molecular weight excluding hydrogens is 474 g/mol. The summed E-state index contributed by atoms with van der Waals surface area (Å²) in [6.45, 7) is 18.8. The Morgan fingerprint density at radius 1 is 0.719 bits per heavy atom. The summed E-state index contributed by atoms with van der Waals surface area (Å²) in [5, 5.41) is -5.87. The SMILES string of the molecule is C=CC[N+](CC=C)(CC=C)CC=C.O=S(=O)(OF)C(F)(F)C(F)(F)CCCCC(F)(F)F. The number of hydrogen-bond donors (Lipinski definition) is 0. The molecule has 0 aromatic heterocycles. The molecule has 0 saturated heterocycles. The van der Waals surface area contributed by atoms with Gasteiger partial charge in [-0.2, -0.15) is 39.2 Å². The van der Waals surface area contributed by atoms with E-state index < -0.39 is 53.2 Å². The standard InChI is InChI=1S/C12H20N.C7H8F8O3S/c1-5-9-13(10-6-2,11-7-3)12-8-4;8-5(9,3-1-2-4-6(10,11)12)7(13,14)19(16,17)18-15/h5-8H,1-4,9-12H2;1-4H2/q+1;. The van der Waals surface area contributed by atoms with Crippen LogP contribution in [0.3, 0.4) is 0 Å². The lowest BCUT2D eigenvalue weighted by atomic mass is 10.1. The molecule has 4 nitrogen and oxygen atoms in total. The predicted octanol–water partition coefficient (Wildman–Crippen LogP) is 6.12. The van der Waals surface area contributed by atoms with Gasteiger partial charge in [-0.05, 0) is 41.7 Å². The summed E-state index contributed by atoms with van der Waals surface area (Å²) >= 11 is 0. The highest BCUT2D eigenvalue weighted by Crippen LogP contribution is 2.43. The fraction of sp³-hybridized carbons (Fsp3) is 0.579. The van der Waals surface area contributed by atoms with E-state index in [0.29, 0.717) is 0 Å². The number of hydrogen-bond acceptors (Lipinski definition) is 3. The highest BCUT2D eigenvalue weighted by atomic mass is 32.2. The second kappa shape index (κ2) is 13.7. The summed E-state index contributed by atoms with van der Waals surface area (Å²) in [6.07, 6.45) is -2.15. The highest BCUT2D eigenvalue weighted by Gasteiger charge is 2.66. The van der Waals surface area contributed by atoms with Crippen LogP contribution in [-0.2, 0) is 14.5 Å². The van der Waals surface area contributed by atoms with Gasteiger partial charge >= 0.3 is 27.5 Å². The molecule has 0 rings (SSSR count). The molecule has 0 saturated carbocycles. The largest absolute Gasteiger partial charge is 0.434 e. The molecule has 0 bridgehead atoms. The first-order valence-electron chi connectivity index (χ1n) is 9.17. The third-order valence-electron chi connectivity index (χ3n) is 4.09. The van der Waals surface area contributed by atoms with Crippen LogP contribution in [0.15, 0.2) is 50.6 Å². The van der Waals surface area contributed by atoms with Crippen molar-refractivity contribution in [2.24, 2.45) is 0 Å². The van der Waals surface area contributed by atoms with E-state index in [1.165, 1.54) is 0 Å². The molecule has 0 aromatic rings. The molecule has 0 unspecified atom stereocenters. The van der Waals surface area contributed by atoms with Crippen LogP contribution in [0.25, 0.3) is 0 Å². The van der Waals surface area contributed by atoms with Gasteiger partial charge in [-0.3, -0.25) is 0 Å². The molecule has 0 aliphatic heterocycles. The Hall–Kier alpha value is -1.73. The van der Waals surface area contributed by atoms with Gasteiger partial charge in [0.15, 0.2) is 0 Å². The van der Waals surface area contributed by atoms with Gasteiger partial charge in [0.25, 0.3) is 0 Å². The van der Waals surface area contributed by atoms with Crippen LogP contribution < -0.4 is 0 Å². The maximum atomic E-state index is 12.8. The Balaban J connectivity index is 0. The van der Waals surface area contributed by atoms with Gasteiger partial charge in [0, 0.05) is 12.8 Å². The van der Waals surface area contributed by atoms with E-state index in [1.54, 1.807) is 0 Å². The Bertz CT molecular complexity index is 660. The van der Waals surface area contributed by atoms with Crippen LogP contribution in [-0.4, -0.2) is 56.4 Å². The first kappa shape index (κ1) is 32.4. The van der Waals surface area contributed by atoms with E-state index in [-0.39, 0.29) is 0 Å². The Morgan fingerprint density at radius 3 is 1.34 bits per heavy atom. The summed E-state index contributed by atoms with van der Waals surface area (Å²) in [4.78, 5) is 0. The average molecular weight is 502 g/mol. The van der Waals surface area contributed by atoms with Gasteiger partial charge in [-0.15, -0.1) is 0 Å². The fourth-order valence-corrected chi connectivity index (χ4v) is 3.13. The number of alkyl halides is 7. The van der Waals surface area contributed by atoms with Crippen LogP contribution in [0.1, 0.15) is 25.7 Å². The van der Waals surface area contributed by atoms with E-state index in [1.807, 2.05) is 28.7 Å².